The van der Waals surface area contributed by atoms with Gasteiger partial charge in [0.2, 0.25) is 0 Å². The van der Waals surface area contributed by atoms with Gasteiger partial charge in [-0.05, 0) is 39.9 Å². The van der Waals surface area contributed by atoms with Crippen LogP contribution >= 0.6 is 15.9 Å². The summed E-state index contributed by atoms with van der Waals surface area (Å²) in [6, 6.07) is 4.83. The molecule has 1 aliphatic rings. The van der Waals surface area contributed by atoms with Gasteiger partial charge in [-0.1, -0.05) is 37.8 Å². The third kappa shape index (κ3) is 2.64. The standard InChI is InChI=1S/C13H16BrFO/c14-13-10(6-3-7-11(13)15)12(16)8-9-4-1-2-5-9/h3,6-7,9,12,16H,1-2,4-5,8H2. The molecule has 1 aromatic rings. The highest BCUT2D eigenvalue weighted by Gasteiger charge is 2.21. The number of rotatable bonds is 3. The van der Waals surface area contributed by atoms with E-state index in [4.69, 9.17) is 0 Å². The zero-order valence-electron chi connectivity index (χ0n) is 9.13. The van der Waals surface area contributed by atoms with Gasteiger partial charge < -0.3 is 5.11 Å². The average Bonchev–Trinajstić information content (AvgIpc) is 2.74. The van der Waals surface area contributed by atoms with E-state index in [1.165, 1.54) is 31.7 Å². The van der Waals surface area contributed by atoms with Crippen molar-refractivity contribution < 1.29 is 9.50 Å². The van der Waals surface area contributed by atoms with Gasteiger partial charge in [-0.25, -0.2) is 4.39 Å². The summed E-state index contributed by atoms with van der Waals surface area (Å²) in [5, 5.41) is 10.1. The zero-order chi connectivity index (χ0) is 11.5. The SMILES string of the molecule is OC(CC1CCCC1)c1cccc(F)c1Br. The highest BCUT2D eigenvalue weighted by molar-refractivity contribution is 9.10. The van der Waals surface area contributed by atoms with Crippen LogP contribution in [0.2, 0.25) is 0 Å². The molecule has 0 spiro atoms. The van der Waals surface area contributed by atoms with Gasteiger partial charge >= 0.3 is 0 Å². The number of aliphatic hydroxyl groups is 1. The Labute approximate surface area is 104 Å². The normalized spacial score (nSPS) is 18.9. The molecule has 1 unspecified atom stereocenters. The van der Waals surface area contributed by atoms with Crippen molar-refractivity contribution >= 4 is 15.9 Å². The third-order valence-corrected chi connectivity index (χ3v) is 4.21. The first-order valence-electron chi connectivity index (χ1n) is 5.80. The molecule has 0 heterocycles. The lowest BCUT2D eigenvalue weighted by Crippen LogP contribution is -2.05. The van der Waals surface area contributed by atoms with Crippen molar-refractivity contribution in [2.75, 3.05) is 0 Å². The quantitative estimate of drug-likeness (QED) is 0.883. The number of aliphatic hydroxyl groups excluding tert-OH is 1. The van der Waals surface area contributed by atoms with Crippen molar-refractivity contribution in [3.63, 3.8) is 0 Å². The molecule has 0 amide bonds. The number of hydrogen-bond donors (Lipinski definition) is 1. The second kappa shape index (κ2) is 5.28. The summed E-state index contributed by atoms with van der Waals surface area (Å²) in [5.41, 5.74) is 0.673. The van der Waals surface area contributed by atoms with Crippen LogP contribution in [0.1, 0.15) is 43.8 Å². The van der Waals surface area contributed by atoms with Crippen LogP contribution in [-0.2, 0) is 0 Å². The highest BCUT2D eigenvalue weighted by Crippen LogP contribution is 2.35. The van der Waals surface area contributed by atoms with Crippen LogP contribution in [0, 0.1) is 11.7 Å². The summed E-state index contributed by atoms with van der Waals surface area (Å²) in [4.78, 5) is 0. The maximum absolute atomic E-state index is 13.3. The number of benzene rings is 1. The van der Waals surface area contributed by atoms with Crippen molar-refractivity contribution in [2.45, 2.75) is 38.2 Å². The fourth-order valence-electron chi connectivity index (χ4n) is 2.47. The number of halogens is 2. The predicted molar refractivity (Wildman–Crippen MR) is 65.6 cm³/mol. The fraction of sp³-hybridized carbons (Fsp3) is 0.538. The Kier molecular flexibility index (Phi) is 3.98. The lowest BCUT2D eigenvalue weighted by Gasteiger charge is -2.17. The van der Waals surface area contributed by atoms with Crippen LogP contribution < -0.4 is 0 Å². The van der Waals surface area contributed by atoms with Crippen LogP contribution in [0.15, 0.2) is 22.7 Å². The Hall–Kier alpha value is -0.410. The Balaban J connectivity index is 2.07. The third-order valence-electron chi connectivity index (χ3n) is 3.37. The van der Waals surface area contributed by atoms with Crippen LogP contribution in [0.5, 0.6) is 0 Å². The molecule has 1 nitrogen and oxygen atoms in total. The van der Waals surface area contributed by atoms with E-state index < -0.39 is 6.10 Å². The highest BCUT2D eigenvalue weighted by atomic mass is 79.9. The van der Waals surface area contributed by atoms with Crippen molar-refractivity contribution in [3.8, 4) is 0 Å². The molecular formula is C13H16BrFO. The monoisotopic (exact) mass is 286 g/mol. The molecule has 16 heavy (non-hydrogen) atoms. The Morgan fingerprint density at radius 3 is 2.75 bits per heavy atom. The van der Waals surface area contributed by atoms with Gasteiger partial charge in [0.05, 0.1) is 10.6 Å². The van der Waals surface area contributed by atoms with Gasteiger partial charge in [0.25, 0.3) is 0 Å². The maximum Gasteiger partial charge on any atom is 0.137 e. The summed E-state index contributed by atoms with van der Waals surface area (Å²) < 4.78 is 13.7. The Morgan fingerprint density at radius 2 is 2.06 bits per heavy atom. The minimum Gasteiger partial charge on any atom is -0.388 e. The first kappa shape index (κ1) is 12.1. The maximum atomic E-state index is 13.3. The van der Waals surface area contributed by atoms with Gasteiger partial charge in [-0.2, -0.15) is 0 Å². The molecule has 0 radical (unpaired) electrons. The molecule has 3 heteroatoms. The van der Waals surface area contributed by atoms with Crippen LogP contribution in [-0.4, -0.2) is 5.11 Å². The molecule has 2 rings (SSSR count). The molecule has 1 aliphatic carbocycles. The topological polar surface area (TPSA) is 20.2 Å². The van der Waals surface area contributed by atoms with E-state index in [2.05, 4.69) is 15.9 Å². The van der Waals surface area contributed by atoms with Crippen molar-refractivity contribution in [2.24, 2.45) is 5.92 Å². The smallest absolute Gasteiger partial charge is 0.137 e. The van der Waals surface area contributed by atoms with E-state index in [-0.39, 0.29) is 5.82 Å². The lowest BCUT2D eigenvalue weighted by atomic mass is 9.96. The zero-order valence-corrected chi connectivity index (χ0v) is 10.7. The van der Waals surface area contributed by atoms with E-state index in [1.807, 2.05) is 0 Å². The summed E-state index contributed by atoms with van der Waals surface area (Å²) in [5.74, 6) is 0.299. The predicted octanol–water partition coefficient (Wildman–Crippen LogP) is 4.20. The molecule has 88 valence electrons. The first-order valence-corrected chi connectivity index (χ1v) is 6.59. The average molecular weight is 287 g/mol. The number of hydrogen-bond acceptors (Lipinski definition) is 1. The molecule has 0 aliphatic heterocycles. The minimum atomic E-state index is -0.548. The molecule has 1 saturated carbocycles. The fourth-order valence-corrected chi connectivity index (χ4v) is 3.00. The van der Waals surface area contributed by atoms with Gasteiger partial charge in [0.1, 0.15) is 5.82 Å². The Morgan fingerprint density at radius 1 is 1.38 bits per heavy atom. The van der Waals surface area contributed by atoms with E-state index in [0.717, 1.165) is 6.42 Å². The summed E-state index contributed by atoms with van der Waals surface area (Å²) in [7, 11) is 0. The first-order chi connectivity index (χ1) is 7.68. The summed E-state index contributed by atoms with van der Waals surface area (Å²) >= 11 is 3.20. The van der Waals surface area contributed by atoms with Gasteiger partial charge in [-0.3, -0.25) is 0 Å². The van der Waals surface area contributed by atoms with E-state index >= 15 is 0 Å². The molecule has 0 aromatic heterocycles. The lowest BCUT2D eigenvalue weighted by molar-refractivity contribution is 0.143. The van der Waals surface area contributed by atoms with Crippen molar-refractivity contribution in [1.82, 2.24) is 0 Å². The molecule has 1 atom stereocenters. The summed E-state index contributed by atoms with van der Waals surface area (Å²) in [6.07, 6.45) is 5.13. The van der Waals surface area contributed by atoms with E-state index in [0.29, 0.717) is 16.0 Å². The van der Waals surface area contributed by atoms with Crippen LogP contribution in [0.25, 0.3) is 0 Å². The molecule has 1 N–H and O–H groups in total. The second-order valence-corrected chi connectivity index (χ2v) is 5.34. The second-order valence-electron chi connectivity index (χ2n) is 4.55. The summed E-state index contributed by atoms with van der Waals surface area (Å²) in [6.45, 7) is 0. The molecule has 1 fully saturated rings. The van der Waals surface area contributed by atoms with Crippen LogP contribution in [0.4, 0.5) is 4.39 Å². The van der Waals surface area contributed by atoms with Crippen molar-refractivity contribution in [1.29, 1.82) is 0 Å². The molecule has 1 aromatic carbocycles. The van der Waals surface area contributed by atoms with Gasteiger partial charge in [0, 0.05) is 0 Å². The minimum absolute atomic E-state index is 0.303. The molecular weight excluding hydrogens is 271 g/mol. The van der Waals surface area contributed by atoms with Gasteiger partial charge in [0.15, 0.2) is 0 Å². The molecule has 0 bridgehead atoms. The van der Waals surface area contributed by atoms with Gasteiger partial charge in [-0.15, -0.1) is 0 Å². The van der Waals surface area contributed by atoms with Crippen molar-refractivity contribution in [3.05, 3.63) is 34.1 Å². The largest absolute Gasteiger partial charge is 0.388 e. The molecule has 0 saturated heterocycles. The Bertz CT molecular complexity index is 361. The van der Waals surface area contributed by atoms with E-state index in [1.54, 1.807) is 12.1 Å². The van der Waals surface area contributed by atoms with Crippen LogP contribution in [0.3, 0.4) is 0 Å². The van der Waals surface area contributed by atoms with E-state index in [9.17, 15) is 9.50 Å².